The van der Waals surface area contributed by atoms with Crippen LogP contribution < -0.4 is 4.72 Å². The van der Waals surface area contributed by atoms with Crippen molar-refractivity contribution in [3.63, 3.8) is 0 Å². The van der Waals surface area contributed by atoms with Gasteiger partial charge in [-0.05, 0) is 60.9 Å². The van der Waals surface area contributed by atoms with E-state index in [2.05, 4.69) is 24.3 Å². The summed E-state index contributed by atoms with van der Waals surface area (Å²) in [6.45, 7) is 11.9. The molecule has 24 heteroatoms. The van der Waals surface area contributed by atoms with E-state index in [9.17, 15) is 42.1 Å². The third-order valence-corrected chi connectivity index (χ3v) is 18.0. The number of rotatable bonds is 7. The normalized spacial score (nSPS) is 23.1. The van der Waals surface area contributed by atoms with Crippen LogP contribution in [0.3, 0.4) is 0 Å². The number of nitrogens with zero attached hydrogens (tertiary/aromatic N) is 8. The molecule has 346 valence electrons. The molecule has 4 heterocycles. The Kier molecular flexibility index (Phi) is 26.0. The van der Waals surface area contributed by atoms with Gasteiger partial charge in [0.2, 0.25) is 50.1 Å². The van der Waals surface area contributed by atoms with Crippen molar-refractivity contribution in [2.45, 2.75) is 58.5 Å². The smallest absolute Gasteiger partial charge is 0.217 e. The van der Waals surface area contributed by atoms with Gasteiger partial charge in [0.15, 0.2) is 0 Å². The van der Waals surface area contributed by atoms with Gasteiger partial charge in [0.05, 0.1) is 29.3 Å². The molecule has 0 radical (unpaired) electrons. The molecule has 1 N–H and O–H groups in total. The Morgan fingerprint density at radius 1 is 0.368 bits per heavy atom. The van der Waals surface area contributed by atoms with E-state index in [1.807, 2.05) is 28.2 Å². The molecule has 0 amide bonds. The molecule has 0 aromatic heterocycles. The van der Waals surface area contributed by atoms with E-state index in [0.717, 1.165) is 78.0 Å². The maximum atomic E-state index is 11.8. The molecule has 4 aliphatic heterocycles. The third kappa shape index (κ3) is 22.2. The molecule has 2 saturated carbocycles. The average molecular weight is 922 g/mol. The maximum Gasteiger partial charge on any atom is 0.217 e. The highest BCUT2D eigenvalue weighted by Crippen LogP contribution is 2.31. The van der Waals surface area contributed by atoms with Gasteiger partial charge in [-0.2, -0.15) is 17.2 Å². The minimum atomic E-state index is -2.94. The van der Waals surface area contributed by atoms with Crippen molar-refractivity contribution in [2.75, 3.05) is 159 Å². The van der Waals surface area contributed by atoms with Crippen LogP contribution in [0.1, 0.15) is 48.0 Å². The highest BCUT2D eigenvalue weighted by molar-refractivity contribution is 7.90. The Balaban J connectivity index is 0. The van der Waals surface area contributed by atoms with E-state index < -0.39 is 50.1 Å². The lowest BCUT2D eigenvalue weighted by Gasteiger charge is -2.31. The lowest BCUT2D eigenvalue weighted by Crippen LogP contribution is -2.48. The lowest BCUT2D eigenvalue weighted by molar-refractivity contribution is 0.222. The van der Waals surface area contributed by atoms with E-state index in [0.29, 0.717) is 52.4 Å². The van der Waals surface area contributed by atoms with Gasteiger partial charge in [0.1, 0.15) is 0 Å². The number of piperazine rings is 4. The summed E-state index contributed by atoms with van der Waals surface area (Å²) < 4.78 is 119. The molecule has 0 aromatic carbocycles. The summed E-state index contributed by atoms with van der Waals surface area (Å²) >= 11 is 0. The molecule has 6 rings (SSSR count). The predicted octanol–water partition coefficient (Wildman–Crippen LogP) is -1.09. The van der Waals surface area contributed by atoms with Crippen molar-refractivity contribution in [2.24, 2.45) is 0 Å². The molecule has 0 bridgehead atoms. The van der Waals surface area contributed by atoms with Crippen LogP contribution in [0.25, 0.3) is 0 Å². The van der Waals surface area contributed by atoms with Gasteiger partial charge in [-0.15, -0.1) is 0 Å². The molecule has 57 heavy (non-hydrogen) atoms. The third-order valence-electron chi connectivity index (χ3n) is 9.81. The first-order valence-electron chi connectivity index (χ1n) is 18.3. The van der Waals surface area contributed by atoms with Crippen LogP contribution in [-0.4, -0.2) is 248 Å². The highest BCUT2D eigenvalue weighted by atomic mass is 32.2. The topological polar surface area (TPSA) is 209 Å². The largest absolute Gasteiger partial charge is 0.304 e. The highest BCUT2D eigenvalue weighted by Gasteiger charge is 2.40. The van der Waals surface area contributed by atoms with Gasteiger partial charge in [-0.25, -0.2) is 46.8 Å². The molecule has 0 spiro atoms. The number of likely N-dealkylation sites (N-methyl/N-ethyl adjacent to an activating group) is 4. The van der Waals surface area contributed by atoms with Gasteiger partial charge in [0, 0.05) is 105 Å². The van der Waals surface area contributed by atoms with Crippen LogP contribution in [0.5, 0.6) is 0 Å². The van der Waals surface area contributed by atoms with Crippen molar-refractivity contribution >= 4 is 50.1 Å². The minimum absolute atomic E-state index is 0. The molecule has 6 fully saturated rings. The van der Waals surface area contributed by atoms with Crippen molar-refractivity contribution in [3.8, 4) is 0 Å². The SMILES string of the molecule is C.C.C.CN1CCN(S(=O)(=O)C2CC2)CC1.CN1CCN(S(C)(=O)=O)CC1.CN1CCN(S(C)(=O)=O)CC1.CN1CCN(S(C)(=O)=O)CC1.CNS(=O)(=O)C1CC1. The van der Waals surface area contributed by atoms with Gasteiger partial charge in [-0.1, -0.05) is 22.3 Å². The molecular formula is C33H79N9O10S5. The number of hydrogen-bond donors (Lipinski definition) is 1. The zero-order chi connectivity index (χ0) is 41.1. The van der Waals surface area contributed by atoms with Crippen LogP contribution in [0.2, 0.25) is 0 Å². The summed E-state index contributed by atoms with van der Waals surface area (Å²) in [6.07, 6.45) is 7.20. The second-order valence-electron chi connectivity index (χ2n) is 14.8. The predicted molar refractivity (Wildman–Crippen MR) is 234 cm³/mol. The molecule has 4 saturated heterocycles. The van der Waals surface area contributed by atoms with Gasteiger partial charge in [0.25, 0.3) is 0 Å². The van der Waals surface area contributed by atoms with Crippen molar-refractivity contribution in [3.05, 3.63) is 0 Å². The molecule has 6 aliphatic rings. The van der Waals surface area contributed by atoms with Crippen molar-refractivity contribution < 1.29 is 42.1 Å². The standard InChI is InChI=1S/C8H16N2O2S.3C6H14N2O2S.C4H9NO2S.3CH4/c1-9-4-6-10(7-5-9)13(11,12)8-2-3-8;3*1-7-3-5-8(6-4-7)11(2,9)10;1-5-8(6,7)4-2-3-4;;;/h8H,2-7H2,1H3;3*3-6H2,1-2H3;4-5H,2-3H2,1H3;3*1H4. The summed E-state index contributed by atoms with van der Waals surface area (Å²) in [5, 5.41) is -0.122. The Morgan fingerprint density at radius 2 is 0.579 bits per heavy atom. The Hall–Kier alpha value is -0.610. The lowest BCUT2D eigenvalue weighted by atomic mass is 10.4. The quantitative estimate of drug-likeness (QED) is 0.322. The summed E-state index contributed by atoms with van der Waals surface area (Å²) in [7, 11) is -5.13. The number of hydrogen-bond acceptors (Lipinski definition) is 14. The van der Waals surface area contributed by atoms with Crippen molar-refractivity contribution in [1.29, 1.82) is 0 Å². The second-order valence-corrected chi connectivity index (χ2v) is 25.1. The zero-order valence-corrected chi connectivity index (χ0v) is 37.6. The number of nitrogens with one attached hydrogen (secondary N) is 1. The molecule has 19 nitrogen and oxygen atoms in total. The summed E-state index contributed by atoms with van der Waals surface area (Å²) in [4.78, 5) is 8.55. The molecule has 0 unspecified atom stereocenters. The molecular weight excluding hydrogens is 843 g/mol. The van der Waals surface area contributed by atoms with E-state index in [1.54, 1.807) is 4.31 Å². The Morgan fingerprint density at radius 3 is 0.737 bits per heavy atom. The first-order chi connectivity index (χ1) is 24.8. The fraction of sp³-hybridized carbons (Fsp3) is 1.00. The molecule has 2 aliphatic carbocycles. The fourth-order valence-corrected chi connectivity index (χ4v) is 10.9. The minimum Gasteiger partial charge on any atom is -0.304 e. The van der Waals surface area contributed by atoms with E-state index in [-0.39, 0.29) is 32.8 Å². The van der Waals surface area contributed by atoms with Crippen LogP contribution in [0, 0.1) is 0 Å². The first-order valence-corrected chi connectivity index (χ1v) is 26.9. The second kappa shape index (κ2) is 25.4. The van der Waals surface area contributed by atoms with Crippen LogP contribution >= 0.6 is 0 Å². The van der Waals surface area contributed by atoms with Gasteiger partial charge < -0.3 is 19.6 Å². The Labute approximate surface area is 349 Å². The number of sulfonamides is 5. The first kappa shape index (κ1) is 58.5. The van der Waals surface area contributed by atoms with Crippen LogP contribution in [0.4, 0.5) is 0 Å². The average Bonchev–Trinajstić information content (AvgIpc) is 3.99. The zero-order valence-electron chi connectivity index (χ0n) is 33.5. The molecule has 0 aromatic rings. The summed E-state index contributed by atoms with van der Waals surface area (Å²) in [6, 6.07) is 0. The molecule has 0 atom stereocenters. The van der Waals surface area contributed by atoms with E-state index in [4.69, 9.17) is 0 Å². The Bertz CT molecular complexity index is 1560. The fourth-order valence-electron chi connectivity index (χ4n) is 5.52. The monoisotopic (exact) mass is 921 g/mol. The van der Waals surface area contributed by atoms with E-state index in [1.165, 1.54) is 38.7 Å². The van der Waals surface area contributed by atoms with Crippen LogP contribution in [0.15, 0.2) is 0 Å². The van der Waals surface area contributed by atoms with E-state index >= 15 is 0 Å². The van der Waals surface area contributed by atoms with Gasteiger partial charge in [-0.3, -0.25) is 0 Å². The van der Waals surface area contributed by atoms with Crippen molar-refractivity contribution in [1.82, 2.24) is 41.5 Å². The summed E-state index contributed by atoms with van der Waals surface area (Å²) in [5.74, 6) is 0. The van der Waals surface area contributed by atoms with Crippen LogP contribution in [-0.2, 0) is 50.1 Å². The maximum absolute atomic E-state index is 11.8. The summed E-state index contributed by atoms with van der Waals surface area (Å²) in [5.41, 5.74) is 0. The van der Waals surface area contributed by atoms with Gasteiger partial charge >= 0.3 is 0 Å².